The molecule has 12 amide bonds. The molecule has 25 heteroatoms. The fraction of sp³-hybridized carbons (Fsp3) is 0.710. The average Bonchev–Trinajstić information content (AvgIpc) is 1.71. The summed E-state index contributed by atoms with van der Waals surface area (Å²) in [6.45, 7) is 22.5. The fourth-order valence-electron chi connectivity index (χ4n) is 12.2. The minimum atomic E-state index is -1.34. The molecule has 5 heterocycles. The number of imide groups is 1. The van der Waals surface area contributed by atoms with Crippen LogP contribution in [0.2, 0.25) is 0 Å². The maximum absolute atomic E-state index is 15.4. The van der Waals surface area contributed by atoms with Gasteiger partial charge in [0.1, 0.15) is 66.3 Å². The number of hydrogen-bond acceptors (Lipinski definition) is 13. The van der Waals surface area contributed by atoms with Crippen LogP contribution < -0.4 is 16.0 Å². The highest BCUT2D eigenvalue weighted by Gasteiger charge is 2.59. The first kappa shape index (κ1) is 70.6. The van der Waals surface area contributed by atoms with E-state index in [1.807, 2.05) is 79.7 Å². The third kappa shape index (κ3) is 16.1. The quantitative estimate of drug-likeness (QED) is 0.223. The molecule has 4 saturated heterocycles. The molecule has 1 aromatic heterocycles. The van der Waals surface area contributed by atoms with Gasteiger partial charge in [-0.25, -0.2) is 9.78 Å². The lowest BCUT2D eigenvalue weighted by atomic mass is 9.97. The number of nitrogens with zero attached hydrogens (tertiary/aromatic N) is 9. The van der Waals surface area contributed by atoms with Crippen LogP contribution in [0.5, 0.6) is 0 Å². The van der Waals surface area contributed by atoms with Crippen LogP contribution in [-0.4, -0.2) is 243 Å². The van der Waals surface area contributed by atoms with Crippen molar-refractivity contribution >= 4 is 76.1 Å². The number of aromatic nitrogens is 2. The summed E-state index contributed by atoms with van der Waals surface area (Å²) in [6.07, 6.45) is -1.57. The van der Waals surface area contributed by atoms with Gasteiger partial charge in [-0.05, 0) is 87.7 Å². The van der Waals surface area contributed by atoms with Crippen LogP contribution in [0.25, 0.3) is 11.0 Å². The Morgan fingerprint density at radius 3 is 1.57 bits per heavy atom. The van der Waals surface area contributed by atoms with Gasteiger partial charge in [0.25, 0.3) is 0 Å². The van der Waals surface area contributed by atoms with Crippen LogP contribution in [0, 0.1) is 29.6 Å². The minimum absolute atomic E-state index is 0.0265. The van der Waals surface area contributed by atoms with Crippen LogP contribution in [0.15, 0.2) is 24.3 Å². The normalized spacial score (nSPS) is 28.4. The molecule has 484 valence electrons. The Morgan fingerprint density at radius 2 is 1.03 bits per heavy atom. The zero-order chi connectivity index (χ0) is 65.5. The Balaban J connectivity index is 1.66. The third-order valence-electron chi connectivity index (χ3n) is 17.2. The first-order chi connectivity index (χ1) is 40.6. The summed E-state index contributed by atoms with van der Waals surface area (Å²) in [5, 5.41) is 7.84. The number of rotatable bonds is 12. The van der Waals surface area contributed by atoms with Crippen molar-refractivity contribution in [3.05, 3.63) is 30.1 Å². The van der Waals surface area contributed by atoms with Gasteiger partial charge in [0, 0.05) is 55.8 Å². The molecule has 0 aliphatic carbocycles. The van der Waals surface area contributed by atoms with E-state index in [2.05, 4.69) is 20.9 Å². The molecule has 4 fully saturated rings. The summed E-state index contributed by atoms with van der Waals surface area (Å²) in [4.78, 5) is 180. The summed E-state index contributed by atoms with van der Waals surface area (Å²) >= 11 is 0. The van der Waals surface area contributed by atoms with Crippen molar-refractivity contribution < 1.29 is 57.5 Å². The Bertz CT molecular complexity index is 2820. The number of para-hydroxylation sites is 2. The molecule has 4 aliphatic heterocycles. The number of carbonyl (C=O) groups excluding carboxylic acids is 11. The molecular weight excluding hydrogens is 1120 g/mol. The average molecular weight is 1220 g/mol. The molecule has 4 aliphatic rings. The van der Waals surface area contributed by atoms with E-state index in [4.69, 9.17) is 9.72 Å². The minimum Gasteiger partial charge on any atom is -0.368 e. The number of amides is 12. The van der Waals surface area contributed by atoms with E-state index in [9.17, 15) is 33.6 Å². The SMILES string of the molecule is CC[C@@H]1C(=O)N(C)CC(=O)N(C)[C@@H](CC(C)C)C(=O)N[C@H](C(C)C)C(=O)N(C)[C@@H](CC(C)C)C(=O)N[C@H](C)C(=O)NC(=O)N(C)[C@H](CC(C)C)C(=O)N(C)C(CC(C)C)C(=O)N(C)[C@@H]2C(=O)N(C)[C@@H]3C(=O)N1[C@H](Cc1nc4ccccc4[nH]1)[C@H]3OC2C. The largest absolute Gasteiger partial charge is 0.368 e. The fourth-order valence-corrected chi connectivity index (χ4v) is 12.2. The van der Waals surface area contributed by atoms with Crippen molar-refractivity contribution in [2.45, 2.75) is 201 Å². The summed E-state index contributed by atoms with van der Waals surface area (Å²) in [5.41, 5.74) is 1.37. The molecule has 4 bridgehead atoms. The van der Waals surface area contributed by atoms with Crippen molar-refractivity contribution in [1.82, 2.24) is 65.1 Å². The van der Waals surface area contributed by atoms with E-state index in [-0.39, 0.29) is 62.2 Å². The van der Waals surface area contributed by atoms with Gasteiger partial charge in [0.2, 0.25) is 59.1 Å². The number of nitrogens with one attached hydrogen (secondary N) is 4. The topological polar surface area (TPSA) is 288 Å². The van der Waals surface area contributed by atoms with Crippen LogP contribution in [0.4, 0.5) is 4.79 Å². The summed E-state index contributed by atoms with van der Waals surface area (Å²) in [5.74, 6) is -7.37. The summed E-state index contributed by atoms with van der Waals surface area (Å²) in [7, 11) is 9.99. The third-order valence-corrected chi connectivity index (χ3v) is 17.2. The number of urea groups is 1. The number of H-pyrrole nitrogens is 1. The number of likely N-dealkylation sites (N-methyl/N-ethyl adjacent to an activating group) is 7. The first-order valence-corrected chi connectivity index (χ1v) is 30.7. The van der Waals surface area contributed by atoms with Crippen LogP contribution in [-0.2, 0) is 59.1 Å². The Labute approximate surface area is 513 Å². The smallest absolute Gasteiger partial charge is 0.324 e. The van der Waals surface area contributed by atoms with Crippen LogP contribution in [0.1, 0.15) is 128 Å². The van der Waals surface area contributed by atoms with Gasteiger partial charge in [-0.2, -0.15) is 0 Å². The van der Waals surface area contributed by atoms with Gasteiger partial charge in [-0.1, -0.05) is 88.3 Å². The van der Waals surface area contributed by atoms with E-state index in [0.717, 1.165) is 10.4 Å². The van der Waals surface area contributed by atoms with Crippen molar-refractivity contribution in [2.24, 2.45) is 29.6 Å². The Kier molecular flexibility index (Phi) is 24.1. The van der Waals surface area contributed by atoms with E-state index in [0.29, 0.717) is 11.3 Å². The maximum atomic E-state index is 15.4. The standard InChI is InChI=1S/C62H99N13O12/c1-21-41-56(80)68(14)31-48(76)69(15)43(26-32(2)3)55(79)66-49(36(10)11)59(83)70(16)44(27-33(4)5)54(78)63-37(12)53(77)67-62(86)72(18)46(29-35(8)9)57(81)71(17)45(28-34(6)7)58(82)73(19)50-38(13)87-52-42(75(41)61(85)51(52)74(20)60(50)84)30-47-64-39-24-22-23-25-40(39)65-47/h22-25,32-38,41-46,49-52H,21,26-31H2,1-20H3,(H,63,78)(H,64,65)(H,66,79)(H,67,77,86)/t37-,38?,41-,42-,43+,44+,45?,46-,49-,50+,51+,52-/m1/s1. The Morgan fingerprint density at radius 1 is 0.540 bits per heavy atom. The number of aromatic amines is 1. The number of imidazole rings is 1. The first-order valence-electron chi connectivity index (χ1n) is 30.7. The monoisotopic (exact) mass is 1220 g/mol. The number of hydrogen-bond donors (Lipinski definition) is 4. The molecule has 12 atom stereocenters. The lowest BCUT2D eigenvalue weighted by molar-refractivity contribution is -0.156. The number of fused-ring (bicyclic) bond motifs is 28. The van der Waals surface area contributed by atoms with E-state index in [1.54, 1.807) is 27.7 Å². The molecular formula is C62H99N13O12. The number of carbonyl (C=O) groups is 11. The predicted octanol–water partition coefficient (Wildman–Crippen LogP) is 2.86. The van der Waals surface area contributed by atoms with Gasteiger partial charge < -0.3 is 59.6 Å². The van der Waals surface area contributed by atoms with E-state index < -0.39 is 150 Å². The molecule has 0 spiro atoms. The highest BCUT2D eigenvalue weighted by Crippen LogP contribution is 2.37. The zero-order valence-corrected chi connectivity index (χ0v) is 55.0. The molecule has 2 unspecified atom stereocenters. The van der Waals surface area contributed by atoms with Crippen molar-refractivity contribution in [1.29, 1.82) is 0 Å². The second-order valence-corrected chi connectivity index (χ2v) is 26.3. The van der Waals surface area contributed by atoms with Crippen molar-refractivity contribution in [3.63, 3.8) is 0 Å². The Hall–Kier alpha value is -7.18. The lowest BCUT2D eigenvalue weighted by Gasteiger charge is -2.40. The van der Waals surface area contributed by atoms with Crippen LogP contribution >= 0.6 is 0 Å². The van der Waals surface area contributed by atoms with E-state index >= 15 is 19.2 Å². The van der Waals surface area contributed by atoms with Gasteiger partial charge >= 0.3 is 6.03 Å². The van der Waals surface area contributed by atoms with Gasteiger partial charge in [0.15, 0.2) is 0 Å². The highest BCUT2D eigenvalue weighted by molar-refractivity contribution is 6.02. The number of benzene rings is 1. The second kappa shape index (κ2) is 29.7. The van der Waals surface area contributed by atoms with Gasteiger partial charge in [0.05, 0.1) is 29.7 Å². The van der Waals surface area contributed by atoms with Gasteiger partial charge in [-0.3, -0.25) is 53.3 Å². The number of ether oxygens (including phenoxy) is 1. The maximum Gasteiger partial charge on any atom is 0.324 e. The molecule has 25 nitrogen and oxygen atoms in total. The van der Waals surface area contributed by atoms with Crippen LogP contribution in [0.3, 0.4) is 0 Å². The molecule has 6 rings (SSSR count). The second-order valence-electron chi connectivity index (χ2n) is 26.3. The zero-order valence-electron chi connectivity index (χ0n) is 55.0. The van der Waals surface area contributed by atoms with E-state index in [1.165, 1.54) is 90.6 Å². The summed E-state index contributed by atoms with van der Waals surface area (Å²) in [6, 6.07) is -5.67. The van der Waals surface area contributed by atoms with Crippen molar-refractivity contribution in [2.75, 3.05) is 55.9 Å². The molecule has 0 saturated carbocycles. The summed E-state index contributed by atoms with van der Waals surface area (Å²) < 4.78 is 6.91. The highest BCUT2D eigenvalue weighted by atomic mass is 16.5. The molecule has 1 aromatic carbocycles. The molecule has 2 aromatic rings. The lowest BCUT2D eigenvalue weighted by Crippen LogP contribution is -2.61. The van der Waals surface area contributed by atoms with Gasteiger partial charge in [-0.15, -0.1) is 0 Å². The molecule has 87 heavy (non-hydrogen) atoms. The van der Waals surface area contributed by atoms with Crippen molar-refractivity contribution in [3.8, 4) is 0 Å². The predicted molar refractivity (Wildman–Crippen MR) is 327 cm³/mol. The molecule has 0 radical (unpaired) electrons. The molecule has 4 N–H and O–H groups in total.